The lowest BCUT2D eigenvalue weighted by atomic mass is 10.1. The molecule has 2 N–H and O–H groups in total. The summed E-state index contributed by atoms with van der Waals surface area (Å²) in [4.78, 5) is 21.2. The Labute approximate surface area is 153 Å². The molecule has 132 valence electrons. The molecule has 0 saturated heterocycles. The zero-order chi connectivity index (χ0) is 18.7. The first-order valence-electron chi connectivity index (χ1n) is 8.49. The molecule has 1 amide bonds. The minimum absolute atomic E-state index is 0.256. The maximum atomic E-state index is 12.6. The Morgan fingerprint density at radius 1 is 0.923 bits per heavy atom. The van der Waals surface area contributed by atoms with Gasteiger partial charge in [0.05, 0.1) is 0 Å². The largest absolute Gasteiger partial charge is 0.324 e. The van der Waals surface area contributed by atoms with E-state index in [-0.39, 0.29) is 5.91 Å². The van der Waals surface area contributed by atoms with Crippen molar-refractivity contribution in [2.24, 2.45) is 0 Å². The van der Waals surface area contributed by atoms with Crippen LogP contribution in [-0.2, 0) is 0 Å². The van der Waals surface area contributed by atoms with Gasteiger partial charge >= 0.3 is 0 Å². The van der Waals surface area contributed by atoms with Gasteiger partial charge in [-0.05, 0) is 56.5 Å². The Bertz CT molecular complexity index is 946. The number of anilines is 3. The number of para-hydroxylation sites is 1. The summed E-state index contributed by atoms with van der Waals surface area (Å²) in [5, 5.41) is 6.13. The van der Waals surface area contributed by atoms with Crippen molar-refractivity contribution in [2.45, 2.75) is 27.7 Å². The van der Waals surface area contributed by atoms with Gasteiger partial charge in [-0.15, -0.1) is 0 Å². The Morgan fingerprint density at radius 2 is 1.65 bits per heavy atom. The third-order valence-corrected chi connectivity index (χ3v) is 4.24. The van der Waals surface area contributed by atoms with Crippen molar-refractivity contribution >= 4 is 23.2 Å². The van der Waals surface area contributed by atoms with Gasteiger partial charge in [0.25, 0.3) is 5.91 Å². The summed E-state index contributed by atoms with van der Waals surface area (Å²) in [5.74, 6) is 0.139. The third kappa shape index (κ3) is 3.88. The molecule has 0 aliphatic rings. The lowest BCUT2D eigenvalue weighted by Crippen LogP contribution is -2.16. The van der Waals surface area contributed by atoms with Gasteiger partial charge < -0.3 is 10.6 Å². The summed E-state index contributed by atoms with van der Waals surface area (Å²) in [7, 11) is 0. The molecule has 0 bridgehead atoms. The van der Waals surface area contributed by atoms with Crippen LogP contribution in [0, 0.1) is 27.7 Å². The van der Waals surface area contributed by atoms with E-state index in [1.54, 1.807) is 12.3 Å². The Hall–Kier alpha value is -3.21. The fourth-order valence-corrected chi connectivity index (χ4v) is 2.81. The maximum absolute atomic E-state index is 12.6. The summed E-state index contributed by atoms with van der Waals surface area (Å²) < 4.78 is 0. The van der Waals surface area contributed by atoms with Gasteiger partial charge in [0, 0.05) is 17.6 Å². The first kappa shape index (κ1) is 17.6. The van der Waals surface area contributed by atoms with Gasteiger partial charge in [-0.1, -0.05) is 35.9 Å². The van der Waals surface area contributed by atoms with Gasteiger partial charge in [0.15, 0.2) is 0 Å². The van der Waals surface area contributed by atoms with Crippen LogP contribution in [0.5, 0.6) is 0 Å². The number of rotatable bonds is 4. The highest BCUT2D eigenvalue weighted by atomic mass is 16.1. The molecule has 0 fully saturated rings. The molecule has 0 spiro atoms. The van der Waals surface area contributed by atoms with E-state index in [2.05, 4.69) is 26.7 Å². The summed E-state index contributed by atoms with van der Waals surface area (Å²) in [6.07, 6.45) is 1.58. The maximum Gasteiger partial charge on any atom is 0.274 e. The number of benzene rings is 2. The zero-order valence-electron chi connectivity index (χ0n) is 15.4. The summed E-state index contributed by atoms with van der Waals surface area (Å²) in [5.41, 5.74) is 6.37. The summed E-state index contributed by atoms with van der Waals surface area (Å²) in [6.45, 7) is 8.00. The molecular formula is C21H22N4O. The van der Waals surface area contributed by atoms with Crippen molar-refractivity contribution in [2.75, 3.05) is 10.6 Å². The lowest BCUT2D eigenvalue weighted by molar-refractivity contribution is 0.102. The zero-order valence-corrected chi connectivity index (χ0v) is 15.4. The van der Waals surface area contributed by atoms with Crippen LogP contribution in [-0.4, -0.2) is 15.9 Å². The van der Waals surface area contributed by atoms with Crippen LogP contribution in [0.1, 0.15) is 32.7 Å². The van der Waals surface area contributed by atoms with Crippen molar-refractivity contribution < 1.29 is 4.79 Å². The normalized spacial score (nSPS) is 10.5. The number of aryl methyl sites for hydroxylation is 4. The average Bonchev–Trinajstić information content (AvgIpc) is 2.61. The second-order valence-corrected chi connectivity index (χ2v) is 6.43. The fourth-order valence-electron chi connectivity index (χ4n) is 2.81. The van der Waals surface area contributed by atoms with Gasteiger partial charge in [-0.3, -0.25) is 4.79 Å². The lowest BCUT2D eigenvalue weighted by Gasteiger charge is -2.12. The van der Waals surface area contributed by atoms with E-state index in [9.17, 15) is 4.79 Å². The highest BCUT2D eigenvalue weighted by Gasteiger charge is 2.12. The molecule has 1 heterocycles. The summed E-state index contributed by atoms with van der Waals surface area (Å²) >= 11 is 0. The van der Waals surface area contributed by atoms with Crippen molar-refractivity contribution in [1.82, 2.24) is 9.97 Å². The van der Waals surface area contributed by atoms with Crippen LogP contribution in [0.4, 0.5) is 17.3 Å². The van der Waals surface area contributed by atoms with Crippen LogP contribution in [0.15, 0.2) is 48.7 Å². The van der Waals surface area contributed by atoms with E-state index < -0.39 is 0 Å². The first-order valence-corrected chi connectivity index (χ1v) is 8.49. The van der Waals surface area contributed by atoms with Crippen molar-refractivity contribution in [3.8, 4) is 0 Å². The standard InChI is InChI=1S/C21H22N4O/c1-13-8-9-17(16(4)12-13)23-21-22-11-10-18(24-21)20(26)25-19-14(2)6-5-7-15(19)3/h5-12H,1-4H3,(H,25,26)(H,22,23,24). The smallest absolute Gasteiger partial charge is 0.274 e. The second kappa shape index (κ2) is 7.35. The number of hydrogen-bond acceptors (Lipinski definition) is 4. The molecule has 0 aliphatic heterocycles. The van der Waals surface area contributed by atoms with E-state index in [4.69, 9.17) is 0 Å². The van der Waals surface area contributed by atoms with Gasteiger partial charge in [0.1, 0.15) is 5.69 Å². The molecule has 0 radical (unpaired) electrons. The number of nitrogens with one attached hydrogen (secondary N) is 2. The van der Waals surface area contributed by atoms with Crippen LogP contribution in [0.25, 0.3) is 0 Å². The van der Waals surface area contributed by atoms with E-state index in [0.717, 1.165) is 28.1 Å². The van der Waals surface area contributed by atoms with Crippen LogP contribution in [0.3, 0.4) is 0 Å². The monoisotopic (exact) mass is 346 g/mol. The van der Waals surface area contributed by atoms with Crippen LogP contribution < -0.4 is 10.6 Å². The second-order valence-electron chi connectivity index (χ2n) is 6.43. The minimum atomic E-state index is -0.256. The highest BCUT2D eigenvalue weighted by Crippen LogP contribution is 2.21. The van der Waals surface area contributed by atoms with E-state index in [0.29, 0.717) is 11.6 Å². The van der Waals surface area contributed by atoms with Crippen molar-refractivity contribution in [1.29, 1.82) is 0 Å². The molecule has 0 atom stereocenters. The van der Waals surface area contributed by atoms with Crippen LogP contribution >= 0.6 is 0 Å². The molecule has 2 aromatic carbocycles. The quantitative estimate of drug-likeness (QED) is 0.718. The molecule has 5 heteroatoms. The fraction of sp³-hybridized carbons (Fsp3) is 0.190. The van der Waals surface area contributed by atoms with Crippen LogP contribution in [0.2, 0.25) is 0 Å². The number of carbonyl (C=O) groups is 1. The number of nitrogens with zero attached hydrogens (tertiary/aromatic N) is 2. The number of hydrogen-bond donors (Lipinski definition) is 2. The van der Waals surface area contributed by atoms with Crippen molar-refractivity contribution in [3.05, 3.63) is 76.6 Å². The minimum Gasteiger partial charge on any atom is -0.324 e. The molecular weight excluding hydrogens is 324 g/mol. The van der Waals surface area contributed by atoms with Gasteiger partial charge in [0.2, 0.25) is 5.95 Å². The average molecular weight is 346 g/mol. The van der Waals surface area contributed by atoms with Gasteiger partial charge in [-0.2, -0.15) is 0 Å². The number of carbonyl (C=O) groups excluding carboxylic acids is 1. The Kier molecular flexibility index (Phi) is 4.98. The van der Waals surface area contributed by atoms with Crippen molar-refractivity contribution in [3.63, 3.8) is 0 Å². The molecule has 3 rings (SSSR count). The van der Waals surface area contributed by atoms with E-state index in [1.165, 1.54) is 5.56 Å². The SMILES string of the molecule is Cc1ccc(Nc2nccc(C(=O)Nc3c(C)cccc3C)n2)c(C)c1. The molecule has 26 heavy (non-hydrogen) atoms. The third-order valence-electron chi connectivity index (χ3n) is 4.24. The number of aromatic nitrogens is 2. The van der Waals surface area contributed by atoms with E-state index in [1.807, 2.05) is 58.0 Å². The molecule has 5 nitrogen and oxygen atoms in total. The highest BCUT2D eigenvalue weighted by molar-refractivity contribution is 6.03. The Morgan fingerprint density at radius 3 is 2.35 bits per heavy atom. The molecule has 1 aromatic heterocycles. The topological polar surface area (TPSA) is 66.9 Å². The molecule has 3 aromatic rings. The predicted octanol–water partition coefficient (Wildman–Crippen LogP) is 4.71. The van der Waals surface area contributed by atoms with E-state index >= 15 is 0 Å². The number of amides is 1. The Balaban J connectivity index is 1.81. The molecule has 0 unspecified atom stereocenters. The molecule has 0 aliphatic carbocycles. The first-order chi connectivity index (χ1) is 12.4. The van der Waals surface area contributed by atoms with Gasteiger partial charge in [-0.25, -0.2) is 9.97 Å². The molecule has 0 saturated carbocycles. The summed E-state index contributed by atoms with van der Waals surface area (Å²) in [6, 6.07) is 13.6. The predicted molar refractivity (Wildman–Crippen MR) is 105 cm³/mol.